The monoisotopic (exact) mass is 372 g/mol. The fraction of sp³-hybridized carbons (Fsp3) is 0.250. The molecule has 1 atom stereocenters. The standard InChI is InChI=1S/C16H15BrCl2O/c1-20-16-6-5-14(17)8-12(16)7-13(10-18)11-3-2-4-15(19)9-11/h2-6,8-9,13H,7,10H2,1H3. The number of benzene rings is 2. The molecule has 1 unspecified atom stereocenters. The fourth-order valence-corrected chi connectivity index (χ4v) is 3.09. The van der Waals surface area contributed by atoms with E-state index in [4.69, 9.17) is 27.9 Å². The van der Waals surface area contributed by atoms with Crippen LogP contribution in [0.4, 0.5) is 0 Å². The van der Waals surface area contributed by atoms with Gasteiger partial charge in [-0.15, -0.1) is 11.6 Å². The molecule has 0 aliphatic rings. The first-order valence-electron chi connectivity index (χ1n) is 6.28. The number of rotatable bonds is 5. The van der Waals surface area contributed by atoms with E-state index in [1.165, 1.54) is 0 Å². The lowest BCUT2D eigenvalue weighted by Crippen LogP contribution is -2.06. The van der Waals surface area contributed by atoms with Crippen LogP contribution in [-0.2, 0) is 6.42 Å². The van der Waals surface area contributed by atoms with Crippen LogP contribution in [0, 0.1) is 0 Å². The number of alkyl halides is 1. The average molecular weight is 374 g/mol. The van der Waals surface area contributed by atoms with Gasteiger partial charge in [-0.3, -0.25) is 0 Å². The first-order valence-corrected chi connectivity index (χ1v) is 7.98. The normalized spacial score (nSPS) is 12.2. The minimum Gasteiger partial charge on any atom is -0.496 e. The molecule has 0 spiro atoms. The highest BCUT2D eigenvalue weighted by Gasteiger charge is 2.15. The van der Waals surface area contributed by atoms with Crippen LogP contribution in [0.25, 0.3) is 0 Å². The Kier molecular flexibility index (Phi) is 5.76. The minimum atomic E-state index is 0.207. The van der Waals surface area contributed by atoms with Gasteiger partial charge in [0.05, 0.1) is 7.11 Å². The largest absolute Gasteiger partial charge is 0.496 e. The number of halogens is 3. The summed E-state index contributed by atoms with van der Waals surface area (Å²) in [4.78, 5) is 0. The van der Waals surface area contributed by atoms with Gasteiger partial charge in [0.1, 0.15) is 5.75 Å². The molecular formula is C16H15BrCl2O. The van der Waals surface area contributed by atoms with E-state index < -0.39 is 0 Å². The fourth-order valence-electron chi connectivity index (χ4n) is 2.19. The van der Waals surface area contributed by atoms with Gasteiger partial charge in [0.15, 0.2) is 0 Å². The molecule has 2 rings (SSSR count). The third kappa shape index (κ3) is 3.91. The zero-order valence-electron chi connectivity index (χ0n) is 11.1. The highest BCUT2D eigenvalue weighted by Crippen LogP contribution is 2.30. The van der Waals surface area contributed by atoms with Crippen LogP contribution in [0.2, 0.25) is 5.02 Å². The van der Waals surface area contributed by atoms with Gasteiger partial charge in [0.25, 0.3) is 0 Å². The summed E-state index contributed by atoms with van der Waals surface area (Å²) in [5.41, 5.74) is 2.28. The summed E-state index contributed by atoms with van der Waals surface area (Å²) >= 11 is 15.7. The minimum absolute atomic E-state index is 0.207. The Labute approximate surface area is 138 Å². The quantitative estimate of drug-likeness (QED) is 0.613. The number of hydrogen-bond donors (Lipinski definition) is 0. The Hall–Kier alpha value is -0.700. The molecule has 0 fully saturated rings. The molecule has 0 aliphatic carbocycles. The Morgan fingerprint density at radius 3 is 2.65 bits per heavy atom. The van der Waals surface area contributed by atoms with E-state index in [2.05, 4.69) is 28.1 Å². The number of ether oxygens (including phenoxy) is 1. The van der Waals surface area contributed by atoms with Crippen LogP contribution in [-0.4, -0.2) is 13.0 Å². The molecule has 0 heterocycles. The predicted molar refractivity (Wildman–Crippen MR) is 89.3 cm³/mol. The first-order chi connectivity index (χ1) is 9.63. The van der Waals surface area contributed by atoms with Crippen LogP contribution < -0.4 is 4.74 Å². The van der Waals surface area contributed by atoms with Gasteiger partial charge in [-0.2, -0.15) is 0 Å². The van der Waals surface area contributed by atoms with E-state index >= 15 is 0 Å². The molecule has 1 nitrogen and oxygen atoms in total. The van der Waals surface area contributed by atoms with Crippen molar-refractivity contribution in [3.63, 3.8) is 0 Å². The molecule has 0 amide bonds. The lowest BCUT2D eigenvalue weighted by Gasteiger charge is -2.17. The molecular weight excluding hydrogens is 359 g/mol. The first kappa shape index (κ1) is 15.7. The second-order valence-corrected chi connectivity index (χ2v) is 6.23. The van der Waals surface area contributed by atoms with Gasteiger partial charge < -0.3 is 4.74 Å². The van der Waals surface area contributed by atoms with Gasteiger partial charge in [-0.05, 0) is 47.9 Å². The van der Waals surface area contributed by atoms with Crippen molar-refractivity contribution >= 4 is 39.1 Å². The van der Waals surface area contributed by atoms with Gasteiger partial charge in [0.2, 0.25) is 0 Å². The summed E-state index contributed by atoms with van der Waals surface area (Å²) in [6.07, 6.45) is 0.812. The Balaban J connectivity index is 2.28. The van der Waals surface area contributed by atoms with Gasteiger partial charge >= 0.3 is 0 Å². The predicted octanol–water partition coefficient (Wildman–Crippen LogP) is 5.68. The second-order valence-electron chi connectivity index (χ2n) is 4.57. The molecule has 0 aliphatic heterocycles. The number of hydrogen-bond acceptors (Lipinski definition) is 1. The van der Waals surface area contributed by atoms with Crippen molar-refractivity contribution in [3.05, 3.63) is 63.1 Å². The van der Waals surface area contributed by atoms with Gasteiger partial charge in [0, 0.05) is 21.3 Å². The van der Waals surface area contributed by atoms with E-state index in [0.717, 1.165) is 32.8 Å². The maximum absolute atomic E-state index is 6.14. The second kappa shape index (κ2) is 7.35. The Morgan fingerprint density at radius 1 is 1.20 bits per heavy atom. The van der Waals surface area contributed by atoms with Gasteiger partial charge in [-0.1, -0.05) is 39.7 Å². The molecule has 2 aromatic carbocycles. The van der Waals surface area contributed by atoms with Crippen LogP contribution in [0.3, 0.4) is 0 Å². The van der Waals surface area contributed by atoms with E-state index in [1.807, 2.05) is 30.3 Å². The molecule has 0 bridgehead atoms. The van der Waals surface area contributed by atoms with E-state index in [-0.39, 0.29) is 5.92 Å². The number of methoxy groups -OCH3 is 1. The summed E-state index contributed by atoms with van der Waals surface area (Å²) in [7, 11) is 1.68. The van der Waals surface area contributed by atoms with E-state index in [0.29, 0.717) is 5.88 Å². The topological polar surface area (TPSA) is 9.23 Å². The molecule has 20 heavy (non-hydrogen) atoms. The average Bonchev–Trinajstić information content (AvgIpc) is 2.45. The van der Waals surface area contributed by atoms with Crippen LogP contribution >= 0.6 is 39.1 Å². The highest BCUT2D eigenvalue weighted by molar-refractivity contribution is 9.10. The summed E-state index contributed by atoms with van der Waals surface area (Å²) in [5, 5.41) is 0.735. The molecule has 0 saturated carbocycles. The Morgan fingerprint density at radius 2 is 2.00 bits per heavy atom. The van der Waals surface area contributed by atoms with Crippen molar-refractivity contribution in [2.24, 2.45) is 0 Å². The zero-order chi connectivity index (χ0) is 14.5. The summed E-state index contributed by atoms with van der Waals surface area (Å²) in [5.74, 6) is 1.62. The van der Waals surface area contributed by atoms with Crippen molar-refractivity contribution in [2.75, 3.05) is 13.0 Å². The lowest BCUT2D eigenvalue weighted by molar-refractivity contribution is 0.408. The SMILES string of the molecule is COc1ccc(Br)cc1CC(CCl)c1cccc(Cl)c1. The van der Waals surface area contributed by atoms with Crippen molar-refractivity contribution in [1.82, 2.24) is 0 Å². The maximum atomic E-state index is 6.14. The lowest BCUT2D eigenvalue weighted by atomic mass is 9.93. The van der Waals surface area contributed by atoms with E-state index in [1.54, 1.807) is 7.11 Å². The molecule has 2 aromatic rings. The van der Waals surface area contributed by atoms with Crippen LogP contribution in [0.5, 0.6) is 5.75 Å². The highest BCUT2D eigenvalue weighted by atomic mass is 79.9. The van der Waals surface area contributed by atoms with Crippen LogP contribution in [0.1, 0.15) is 17.0 Å². The van der Waals surface area contributed by atoms with Gasteiger partial charge in [-0.25, -0.2) is 0 Å². The summed E-state index contributed by atoms with van der Waals surface area (Å²) < 4.78 is 6.45. The van der Waals surface area contributed by atoms with Crippen molar-refractivity contribution < 1.29 is 4.74 Å². The smallest absolute Gasteiger partial charge is 0.122 e. The molecule has 106 valence electrons. The van der Waals surface area contributed by atoms with Crippen molar-refractivity contribution in [3.8, 4) is 5.75 Å². The van der Waals surface area contributed by atoms with Crippen molar-refractivity contribution in [1.29, 1.82) is 0 Å². The zero-order valence-corrected chi connectivity index (χ0v) is 14.2. The Bertz CT molecular complexity index is 586. The molecule has 0 saturated heterocycles. The summed E-state index contributed by atoms with van der Waals surface area (Å²) in [6, 6.07) is 13.9. The molecule has 4 heteroatoms. The third-order valence-electron chi connectivity index (χ3n) is 3.22. The molecule has 0 radical (unpaired) electrons. The molecule has 0 N–H and O–H groups in total. The molecule has 0 aromatic heterocycles. The van der Waals surface area contributed by atoms with E-state index in [9.17, 15) is 0 Å². The van der Waals surface area contributed by atoms with Crippen LogP contribution in [0.15, 0.2) is 46.9 Å². The maximum Gasteiger partial charge on any atom is 0.122 e. The third-order valence-corrected chi connectivity index (χ3v) is 4.32. The van der Waals surface area contributed by atoms with Crippen molar-refractivity contribution in [2.45, 2.75) is 12.3 Å². The summed E-state index contributed by atoms with van der Waals surface area (Å²) in [6.45, 7) is 0.